The molecule has 0 saturated carbocycles. The molecule has 0 aliphatic heterocycles. The van der Waals surface area contributed by atoms with E-state index >= 15 is 0 Å². The van der Waals surface area contributed by atoms with Crippen molar-refractivity contribution >= 4 is 34.0 Å². The third-order valence-electron chi connectivity index (χ3n) is 2.77. The summed E-state index contributed by atoms with van der Waals surface area (Å²) >= 11 is 1.50. The molecule has 19 heavy (non-hydrogen) atoms. The van der Waals surface area contributed by atoms with E-state index in [9.17, 15) is 4.79 Å². The maximum Gasteiger partial charge on any atom is 0.265 e. The van der Waals surface area contributed by atoms with E-state index in [-0.39, 0.29) is 5.91 Å². The Labute approximate surface area is 113 Å². The highest BCUT2D eigenvalue weighted by molar-refractivity contribution is 7.14. The number of aromatic nitrogens is 2. The minimum atomic E-state index is -0.139. The molecule has 96 valence electrons. The molecule has 1 N–H and O–H groups in total. The number of carbonyl (C=O) groups excluding carboxylic acids is 1. The third-order valence-corrected chi connectivity index (χ3v) is 4.00. The van der Waals surface area contributed by atoms with Crippen LogP contribution in [0, 0.1) is 0 Å². The van der Waals surface area contributed by atoms with Crippen LogP contribution >= 0.6 is 11.3 Å². The van der Waals surface area contributed by atoms with E-state index in [0.29, 0.717) is 21.6 Å². The number of thiophene rings is 1. The first kappa shape index (κ1) is 11.9. The highest BCUT2D eigenvalue weighted by Gasteiger charge is 2.12. The van der Waals surface area contributed by atoms with Gasteiger partial charge in [-0.25, -0.2) is 4.63 Å². The number of rotatable bonds is 3. The molecule has 0 radical (unpaired) electrons. The number of benzene rings is 1. The van der Waals surface area contributed by atoms with E-state index in [1.54, 1.807) is 18.2 Å². The molecule has 0 aliphatic carbocycles. The lowest BCUT2D eigenvalue weighted by atomic mass is 10.2. The van der Waals surface area contributed by atoms with Gasteiger partial charge in [0.1, 0.15) is 5.52 Å². The van der Waals surface area contributed by atoms with Gasteiger partial charge in [0.2, 0.25) is 0 Å². The fraction of sp³-hybridized carbons (Fsp3) is 0.154. The number of amides is 1. The maximum absolute atomic E-state index is 12.1. The molecular formula is C13H11N3O2S. The molecule has 2 heterocycles. The number of aryl methyl sites for hydroxylation is 1. The predicted octanol–water partition coefficient (Wildman–Crippen LogP) is 3.10. The highest BCUT2D eigenvalue weighted by Crippen LogP contribution is 2.22. The minimum Gasteiger partial charge on any atom is -0.319 e. The van der Waals surface area contributed by atoms with Gasteiger partial charge in [-0.2, -0.15) is 0 Å². The zero-order valence-corrected chi connectivity index (χ0v) is 11.0. The number of carbonyl (C=O) groups is 1. The smallest absolute Gasteiger partial charge is 0.265 e. The fourth-order valence-electron chi connectivity index (χ4n) is 1.78. The van der Waals surface area contributed by atoms with Crippen LogP contribution in [0.1, 0.15) is 21.5 Å². The summed E-state index contributed by atoms with van der Waals surface area (Å²) < 4.78 is 4.67. The second-order valence-corrected chi connectivity index (χ2v) is 5.18. The Hall–Kier alpha value is -2.21. The Balaban J connectivity index is 1.88. The first-order chi connectivity index (χ1) is 9.28. The van der Waals surface area contributed by atoms with Gasteiger partial charge in [0.15, 0.2) is 5.52 Å². The van der Waals surface area contributed by atoms with E-state index < -0.39 is 0 Å². The van der Waals surface area contributed by atoms with Crippen LogP contribution in [0.2, 0.25) is 0 Å². The van der Waals surface area contributed by atoms with Crippen LogP contribution in [0.4, 0.5) is 5.69 Å². The average molecular weight is 273 g/mol. The largest absolute Gasteiger partial charge is 0.319 e. The van der Waals surface area contributed by atoms with E-state index in [0.717, 1.165) is 6.42 Å². The SMILES string of the molecule is CCc1ccc(C(=O)Nc2cccc3nonc23)s1. The Morgan fingerprint density at radius 2 is 2.21 bits per heavy atom. The topological polar surface area (TPSA) is 68.0 Å². The van der Waals surface area contributed by atoms with Gasteiger partial charge in [0.05, 0.1) is 10.6 Å². The van der Waals surface area contributed by atoms with Gasteiger partial charge in [0, 0.05) is 4.88 Å². The summed E-state index contributed by atoms with van der Waals surface area (Å²) in [6.45, 7) is 2.06. The molecule has 3 aromatic rings. The molecular weight excluding hydrogens is 262 g/mol. The summed E-state index contributed by atoms with van der Waals surface area (Å²) in [5, 5.41) is 10.4. The van der Waals surface area contributed by atoms with E-state index in [1.807, 2.05) is 12.1 Å². The van der Waals surface area contributed by atoms with Gasteiger partial charge in [-0.1, -0.05) is 13.0 Å². The normalized spacial score (nSPS) is 10.8. The van der Waals surface area contributed by atoms with E-state index in [2.05, 4.69) is 27.2 Å². The summed E-state index contributed by atoms with van der Waals surface area (Å²) in [4.78, 5) is 14.0. The Bertz CT molecular complexity index is 732. The number of nitrogens with zero attached hydrogens (tertiary/aromatic N) is 2. The summed E-state index contributed by atoms with van der Waals surface area (Å²) in [7, 11) is 0. The van der Waals surface area contributed by atoms with Gasteiger partial charge in [-0.3, -0.25) is 4.79 Å². The molecule has 0 spiro atoms. The van der Waals surface area contributed by atoms with Crippen molar-refractivity contribution < 1.29 is 9.42 Å². The van der Waals surface area contributed by atoms with Crippen molar-refractivity contribution in [3.8, 4) is 0 Å². The van der Waals surface area contributed by atoms with Gasteiger partial charge >= 0.3 is 0 Å². The van der Waals surface area contributed by atoms with Crippen LogP contribution in [-0.2, 0) is 6.42 Å². The summed E-state index contributed by atoms with van der Waals surface area (Å²) in [5.74, 6) is -0.139. The molecule has 3 rings (SSSR count). The van der Waals surface area contributed by atoms with Crippen LogP contribution in [-0.4, -0.2) is 16.2 Å². The second kappa shape index (κ2) is 4.81. The van der Waals surface area contributed by atoms with Crippen molar-refractivity contribution in [3.05, 3.63) is 40.1 Å². The maximum atomic E-state index is 12.1. The third kappa shape index (κ3) is 2.22. The van der Waals surface area contributed by atoms with E-state index in [1.165, 1.54) is 16.2 Å². The van der Waals surface area contributed by atoms with Crippen LogP contribution in [0.25, 0.3) is 11.0 Å². The molecule has 0 fully saturated rings. The van der Waals surface area contributed by atoms with Crippen LogP contribution in [0.15, 0.2) is 35.0 Å². The zero-order chi connectivity index (χ0) is 13.2. The van der Waals surface area contributed by atoms with Crippen molar-refractivity contribution in [1.29, 1.82) is 0 Å². The first-order valence-corrected chi connectivity index (χ1v) is 6.71. The lowest BCUT2D eigenvalue weighted by Gasteiger charge is -2.02. The molecule has 0 unspecified atom stereocenters. The van der Waals surface area contributed by atoms with Crippen molar-refractivity contribution in [2.24, 2.45) is 0 Å². The molecule has 0 bridgehead atoms. The van der Waals surface area contributed by atoms with Crippen LogP contribution in [0.3, 0.4) is 0 Å². The zero-order valence-electron chi connectivity index (χ0n) is 10.2. The molecule has 6 heteroatoms. The van der Waals surface area contributed by atoms with Gasteiger partial charge < -0.3 is 5.32 Å². The van der Waals surface area contributed by atoms with Crippen LogP contribution < -0.4 is 5.32 Å². The lowest BCUT2D eigenvalue weighted by molar-refractivity contribution is 0.103. The Kier molecular flexibility index (Phi) is 3.00. The van der Waals surface area contributed by atoms with Gasteiger partial charge in [0.25, 0.3) is 5.91 Å². The minimum absolute atomic E-state index is 0.139. The summed E-state index contributed by atoms with van der Waals surface area (Å²) in [5.41, 5.74) is 1.79. The Morgan fingerprint density at radius 1 is 1.32 bits per heavy atom. The quantitative estimate of drug-likeness (QED) is 0.796. The average Bonchev–Trinajstić information content (AvgIpc) is 3.08. The lowest BCUT2D eigenvalue weighted by Crippen LogP contribution is -2.10. The first-order valence-electron chi connectivity index (χ1n) is 5.89. The summed E-state index contributed by atoms with van der Waals surface area (Å²) in [6.07, 6.45) is 0.931. The summed E-state index contributed by atoms with van der Waals surface area (Å²) in [6, 6.07) is 9.16. The number of hydrogen-bond donors (Lipinski definition) is 1. The van der Waals surface area contributed by atoms with Crippen LogP contribution in [0.5, 0.6) is 0 Å². The van der Waals surface area contributed by atoms with Crippen molar-refractivity contribution in [1.82, 2.24) is 10.3 Å². The molecule has 5 nitrogen and oxygen atoms in total. The molecule has 1 aromatic carbocycles. The van der Waals surface area contributed by atoms with E-state index in [4.69, 9.17) is 0 Å². The number of anilines is 1. The number of hydrogen-bond acceptors (Lipinski definition) is 5. The highest BCUT2D eigenvalue weighted by atomic mass is 32.1. The number of fused-ring (bicyclic) bond motifs is 1. The van der Waals surface area contributed by atoms with Gasteiger partial charge in [-0.15, -0.1) is 11.3 Å². The van der Waals surface area contributed by atoms with Gasteiger partial charge in [-0.05, 0) is 41.0 Å². The molecule has 0 aliphatic rings. The molecule has 0 atom stereocenters. The standard InChI is InChI=1S/C13H11N3O2S/c1-2-8-6-7-11(19-8)13(17)14-9-4-3-5-10-12(9)16-18-15-10/h3-7H,2H2,1H3,(H,14,17). The molecule has 2 aromatic heterocycles. The monoisotopic (exact) mass is 273 g/mol. The number of nitrogens with one attached hydrogen (secondary N) is 1. The van der Waals surface area contributed by atoms with Crippen molar-refractivity contribution in [2.75, 3.05) is 5.32 Å². The molecule has 1 amide bonds. The Morgan fingerprint density at radius 3 is 3.00 bits per heavy atom. The molecule has 0 saturated heterocycles. The fourth-order valence-corrected chi connectivity index (χ4v) is 2.62. The van der Waals surface area contributed by atoms with Crippen molar-refractivity contribution in [3.63, 3.8) is 0 Å². The second-order valence-electron chi connectivity index (χ2n) is 4.01. The predicted molar refractivity (Wildman–Crippen MR) is 73.5 cm³/mol. The van der Waals surface area contributed by atoms with Crippen molar-refractivity contribution in [2.45, 2.75) is 13.3 Å².